The van der Waals surface area contributed by atoms with E-state index < -0.39 is 0 Å². The van der Waals surface area contributed by atoms with Crippen LogP contribution >= 0.6 is 15.9 Å². The van der Waals surface area contributed by atoms with Crippen LogP contribution in [0.4, 0.5) is 5.82 Å². The van der Waals surface area contributed by atoms with Gasteiger partial charge in [0.15, 0.2) is 5.65 Å². The molecule has 0 unspecified atom stereocenters. The highest BCUT2D eigenvalue weighted by molar-refractivity contribution is 9.10. The Balaban J connectivity index is 1.58. The topological polar surface area (TPSA) is 69.1 Å². The van der Waals surface area contributed by atoms with Crippen LogP contribution in [-0.2, 0) is 12.8 Å². The molecule has 5 aromatic rings. The number of nitrogen functional groups attached to an aromatic ring is 1. The predicted octanol–water partition coefficient (Wildman–Crippen LogP) is 5.07. The molecular formula is C23H18BrN5. The van der Waals surface area contributed by atoms with Gasteiger partial charge < -0.3 is 5.73 Å². The number of nitrogens with zero attached hydrogens (tertiary/aromatic N) is 4. The Morgan fingerprint density at radius 1 is 0.931 bits per heavy atom. The molecule has 0 saturated carbocycles. The number of hydrogen-bond donors (Lipinski definition) is 1. The predicted molar refractivity (Wildman–Crippen MR) is 120 cm³/mol. The smallest absolute Gasteiger partial charge is 0.165 e. The van der Waals surface area contributed by atoms with E-state index in [1.165, 1.54) is 16.3 Å². The molecule has 0 aliphatic carbocycles. The standard InChI is InChI=1S/C23H18BrN5/c24-21-20(8-5-15-9-11-26-12-10-15)28-23-19(14-27-29(23)22(21)25)18-7-6-16-3-1-2-4-17(16)13-18/h1-4,6-7,9-14H,5,8,25H2. The van der Waals surface area contributed by atoms with E-state index >= 15 is 0 Å². The van der Waals surface area contributed by atoms with Gasteiger partial charge in [0.1, 0.15) is 5.82 Å². The first-order valence-electron chi connectivity index (χ1n) is 9.40. The highest BCUT2D eigenvalue weighted by Crippen LogP contribution is 2.31. The van der Waals surface area contributed by atoms with E-state index in [2.05, 4.69) is 56.3 Å². The van der Waals surface area contributed by atoms with Gasteiger partial charge >= 0.3 is 0 Å². The number of hydrogen-bond acceptors (Lipinski definition) is 4. The van der Waals surface area contributed by atoms with E-state index in [9.17, 15) is 0 Å². The van der Waals surface area contributed by atoms with Crippen molar-refractivity contribution in [1.82, 2.24) is 19.6 Å². The maximum atomic E-state index is 6.37. The van der Waals surface area contributed by atoms with Crippen molar-refractivity contribution in [2.24, 2.45) is 0 Å². The molecule has 29 heavy (non-hydrogen) atoms. The van der Waals surface area contributed by atoms with E-state index in [0.29, 0.717) is 5.82 Å². The number of fused-ring (bicyclic) bond motifs is 2. The molecule has 5 rings (SSSR count). The van der Waals surface area contributed by atoms with Crippen molar-refractivity contribution in [2.45, 2.75) is 12.8 Å². The fourth-order valence-corrected chi connectivity index (χ4v) is 4.04. The van der Waals surface area contributed by atoms with Crippen molar-refractivity contribution in [1.29, 1.82) is 0 Å². The van der Waals surface area contributed by atoms with E-state index in [1.54, 1.807) is 4.52 Å². The summed E-state index contributed by atoms with van der Waals surface area (Å²) in [5, 5.41) is 6.88. The lowest BCUT2D eigenvalue weighted by molar-refractivity contribution is 0.873. The molecule has 0 aliphatic heterocycles. The number of aryl methyl sites for hydroxylation is 2. The lowest BCUT2D eigenvalue weighted by atomic mass is 10.0. The molecule has 0 saturated heterocycles. The van der Waals surface area contributed by atoms with Crippen LogP contribution in [0.2, 0.25) is 0 Å². The minimum absolute atomic E-state index is 0.562. The van der Waals surface area contributed by atoms with Crippen molar-refractivity contribution in [3.8, 4) is 11.1 Å². The van der Waals surface area contributed by atoms with Crippen molar-refractivity contribution >= 4 is 38.2 Å². The van der Waals surface area contributed by atoms with Gasteiger partial charge in [-0.2, -0.15) is 9.61 Å². The molecule has 0 radical (unpaired) electrons. The lowest BCUT2D eigenvalue weighted by Crippen LogP contribution is -2.06. The quantitative estimate of drug-likeness (QED) is 0.420. The fraction of sp³-hybridized carbons (Fsp3) is 0.0870. The molecule has 0 bridgehead atoms. The normalized spacial score (nSPS) is 11.3. The highest BCUT2D eigenvalue weighted by Gasteiger charge is 2.16. The van der Waals surface area contributed by atoms with Crippen molar-refractivity contribution in [2.75, 3.05) is 5.73 Å². The number of benzene rings is 2. The second-order valence-corrected chi connectivity index (χ2v) is 7.76. The van der Waals surface area contributed by atoms with Gasteiger partial charge in [-0.25, -0.2) is 4.98 Å². The Morgan fingerprint density at radius 3 is 2.55 bits per heavy atom. The Labute approximate surface area is 176 Å². The van der Waals surface area contributed by atoms with Gasteiger partial charge in [-0.1, -0.05) is 36.4 Å². The zero-order valence-corrected chi connectivity index (χ0v) is 17.2. The first-order valence-corrected chi connectivity index (χ1v) is 10.2. The average molecular weight is 444 g/mol. The summed E-state index contributed by atoms with van der Waals surface area (Å²) < 4.78 is 2.50. The molecule has 0 atom stereocenters. The summed E-state index contributed by atoms with van der Waals surface area (Å²) in [5.74, 6) is 0.562. The summed E-state index contributed by atoms with van der Waals surface area (Å²) in [4.78, 5) is 9.00. The summed E-state index contributed by atoms with van der Waals surface area (Å²) in [6.45, 7) is 0. The summed E-state index contributed by atoms with van der Waals surface area (Å²) in [5.41, 5.74) is 11.3. The zero-order valence-electron chi connectivity index (χ0n) is 15.6. The molecule has 0 spiro atoms. The Bertz CT molecular complexity index is 1330. The van der Waals surface area contributed by atoms with Crippen LogP contribution in [0.3, 0.4) is 0 Å². The van der Waals surface area contributed by atoms with E-state index in [0.717, 1.165) is 39.8 Å². The molecule has 5 nitrogen and oxygen atoms in total. The van der Waals surface area contributed by atoms with Crippen molar-refractivity contribution in [3.05, 3.63) is 88.9 Å². The fourth-order valence-electron chi connectivity index (χ4n) is 3.58. The third-order valence-corrected chi connectivity index (χ3v) is 6.02. The minimum Gasteiger partial charge on any atom is -0.383 e. The van der Waals surface area contributed by atoms with Gasteiger partial charge in [0, 0.05) is 18.0 Å². The number of nitrogens with two attached hydrogens (primary N) is 1. The number of aromatic nitrogens is 4. The molecule has 3 heterocycles. The summed E-state index contributed by atoms with van der Waals surface area (Å²) in [7, 11) is 0. The monoisotopic (exact) mass is 443 g/mol. The van der Waals surface area contributed by atoms with Gasteiger partial charge in [0.2, 0.25) is 0 Å². The summed E-state index contributed by atoms with van der Waals surface area (Å²) in [6, 6.07) is 18.8. The maximum Gasteiger partial charge on any atom is 0.165 e. The van der Waals surface area contributed by atoms with Crippen LogP contribution in [-0.4, -0.2) is 19.6 Å². The second kappa shape index (κ2) is 7.29. The number of halogens is 1. The minimum atomic E-state index is 0.562. The number of pyridine rings is 1. The number of rotatable bonds is 4. The van der Waals surface area contributed by atoms with Gasteiger partial charge in [0.05, 0.1) is 16.4 Å². The Kier molecular flexibility index (Phi) is 4.48. The van der Waals surface area contributed by atoms with Crippen LogP contribution in [0.5, 0.6) is 0 Å². The van der Waals surface area contributed by atoms with Gasteiger partial charge in [0.25, 0.3) is 0 Å². The van der Waals surface area contributed by atoms with Gasteiger partial charge in [-0.05, 0) is 68.9 Å². The highest BCUT2D eigenvalue weighted by atomic mass is 79.9. The van der Waals surface area contributed by atoms with Crippen LogP contribution in [0.1, 0.15) is 11.3 Å². The first-order chi connectivity index (χ1) is 14.2. The Hall–Kier alpha value is -3.25. The van der Waals surface area contributed by atoms with Crippen LogP contribution in [0.15, 0.2) is 77.7 Å². The molecule has 0 fully saturated rings. The van der Waals surface area contributed by atoms with Crippen molar-refractivity contribution < 1.29 is 0 Å². The molecule has 2 N–H and O–H groups in total. The first kappa shape index (κ1) is 17.8. The van der Waals surface area contributed by atoms with Crippen molar-refractivity contribution in [3.63, 3.8) is 0 Å². The zero-order chi connectivity index (χ0) is 19.8. The maximum absolute atomic E-state index is 6.37. The SMILES string of the molecule is Nc1c(Br)c(CCc2ccncc2)nc2c(-c3ccc4ccccc4c3)cnn12. The Morgan fingerprint density at radius 2 is 1.72 bits per heavy atom. The molecule has 3 aromatic heterocycles. The third-order valence-electron chi connectivity index (χ3n) is 5.15. The molecule has 0 aliphatic rings. The third kappa shape index (κ3) is 3.25. The lowest BCUT2D eigenvalue weighted by Gasteiger charge is -2.10. The van der Waals surface area contributed by atoms with E-state index in [4.69, 9.17) is 10.7 Å². The van der Waals surface area contributed by atoms with Gasteiger partial charge in [-0.3, -0.25) is 4.98 Å². The molecule has 142 valence electrons. The molecule has 6 heteroatoms. The van der Waals surface area contributed by atoms with Crippen LogP contribution in [0, 0.1) is 0 Å². The van der Waals surface area contributed by atoms with Crippen LogP contribution in [0.25, 0.3) is 27.5 Å². The van der Waals surface area contributed by atoms with E-state index in [1.807, 2.05) is 42.9 Å². The summed E-state index contributed by atoms with van der Waals surface area (Å²) in [6.07, 6.45) is 7.09. The number of anilines is 1. The van der Waals surface area contributed by atoms with E-state index in [-0.39, 0.29) is 0 Å². The largest absolute Gasteiger partial charge is 0.383 e. The summed E-state index contributed by atoms with van der Waals surface area (Å²) >= 11 is 3.61. The molecule has 0 amide bonds. The second-order valence-electron chi connectivity index (χ2n) is 6.97. The molecule has 2 aromatic carbocycles. The van der Waals surface area contributed by atoms with Crippen LogP contribution < -0.4 is 5.73 Å². The molecular weight excluding hydrogens is 426 g/mol. The average Bonchev–Trinajstić information content (AvgIpc) is 3.19. The van der Waals surface area contributed by atoms with Gasteiger partial charge in [-0.15, -0.1) is 0 Å².